The van der Waals surface area contributed by atoms with Crippen molar-refractivity contribution >= 4 is 11.8 Å². The van der Waals surface area contributed by atoms with E-state index in [1.807, 2.05) is 24.3 Å². The summed E-state index contributed by atoms with van der Waals surface area (Å²) in [6.07, 6.45) is 0. The molecule has 0 aliphatic rings. The number of esters is 1. The fourth-order valence-corrected chi connectivity index (χ4v) is 2.55. The number of Topliss-reactive ketones (excluding diaryl/α,β-unsaturated/α-hetero) is 1. The van der Waals surface area contributed by atoms with E-state index in [0.717, 1.165) is 5.75 Å². The molecule has 0 fully saturated rings. The summed E-state index contributed by atoms with van der Waals surface area (Å²) in [6, 6.07) is 12.6. The van der Waals surface area contributed by atoms with E-state index in [9.17, 15) is 9.59 Å². The Morgan fingerprint density at radius 2 is 1.59 bits per heavy atom. The molecule has 0 heterocycles. The van der Waals surface area contributed by atoms with E-state index in [2.05, 4.69) is 20.8 Å². The smallest absolute Gasteiger partial charge is 0.344 e. The number of hydrogen-bond donors (Lipinski definition) is 0. The van der Waals surface area contributed by atoms with Crippen molar-refractivity contribution in [1.82, 2.24) is 0 Å². The summed E-state index contributed by atoms with van der Waals surface area (Å²) < 4.78 is 21.3. The first-order chi connectivity index (χ1) is 13.7. The molecule has 0 aliphatic heterocycles. The normalized spacial score (nSPS) is 10.9. The molecule has 0 aliphatic carbocycles. The molecule has 29 heavy (non-hydrogen) atoms. The molecular formula is C23H28O6. The Morgan fingerprint density at radius 3 is 2.17 bits per heavy atom. The molecule has 0 bridgehead atoms. The highest BCUT2D eigenvalue weighted by Crippen LogP contribution is 2.28. The van der Waals surface area contributed by atoms with Crippen LogP contribution in [0.25, 0.3) is 0 Å². The molecule has 0 saturated heterocycles. The lowest BCUT2D eigenvalue weighted by molar-refractivity contribution is -0.146. The van der Waals surface area contributed by atoms with Crippen molar-refractivity contribution in [2.45, 2.75) is 33.1 Å². The maximum Gasteiger partial charge on any atom is 0.344 e. The van der Waals surface area contributed by atoms with E-state index in [0.29, 0.717) is 17.1 Å². The summed E-state index contributed by atoms with van der Waals surface area (Å²) in [5, 5.41) is 0. The van der Waals surface area contributed by atoms with E-state index < -0.39 is 5.97 Å². The molecular weight excluding hydrogens is 372 g/mol. The van der Waals surface area contributed by atoms with E-state index in [4.69, 9.17) is 18.9 Å². The maximum absolute atomic E-state index is 11.9. The van der Waals surface area contributed by atoms with Gasteiger partial charge in [0.1, 0.15) is 19.0 Å². The lowest BCUT2D eigenvalue weighted by Gasteiger charge is -2.19. The zero-order valence-electron chi connectivity index (χ0n) is 17.6. The maximum atomic E-state index is 11.9. The first kappa shape index (κ1) is 22.3. The number of carbonyl (C=O) groups is 2. The van der Waals surface area contributed by atoms with Gasteiger partial charge in [-0.05, 0) is 48.2 Å². The molecule has 0 radical (unpaired) electrons. The fraction of sp³-hybridized carbons (Fsp3) is 0.391. The lowest BCUT2D eigenvalue weighted by atomic mass is 9.87. The van der Waals surface area contributed by atoms with Gasteiger partial charge in [0.15, 0.2) is 23.9 Å². The average Bonchev–Trinajstić information content (AvgIpc) is 2.69. The molecule has 156 valence electrons. The second-order valence-electron chi connectivity index (χ2n) is 7.55. The number of ketones is 1. The molecule has 6 heteroatoms. The van der Waals surface area contributed by atoms with Crippen LogP contribution in [0, 0.1) is 0 Å². The van der Waals surface area contributed by atoms with Gasteiger partial charge in [0.25, 0.3) is 0 Å². The fourth-order valence-electron chi connectivity index (χ4n) is 2.55. The summed E-state index contributed by atoms with van der Waals surface area (Å²) in [5.74, 6) is 0.870. The van der Waals surface area contributed by atoms with Gasteiger partial charge in [-0.25, -0.2) is 4.79 Å². The van der Waals surface area contributed by atoms with Crippen molar-refractivity contribution in [3.8, 4) is 17.2 Å². The summed E-state index contributed by atoms with van der Waals surface area (Å²) in [7, 11) is 1.47. The Bertz CT molecular complexity index is 833. The molecule has 0 unspecified atom stereocenters. The van der Waals surface area contributed by atoms with Gasteiger partial charge in [-0.1, -0.05) is 32.9 Å². The van der Waals surface area contributed by atoms with Crippen molar-refractivity contribution in [2.24, 2.45) is 0 Å². The molecule has 0 amide bonds. The van der Waals surface area contributed by atoms with E-state index in [1.54, 1.807) is 18.2 Å². The van der Waals surface area contributed by atoms with Crippen LogP contribution in [-0.2, 0) is 14.9 Å². The number of benzene rings is 2. The Labute approximate surface area is 171 Å². The van der Waals surface area contributed by atoms with Gasteiger partial charge in [0.05, 0.1) is 7.11 Å². The Hall–Kier alpha value is -3.02. The summed E-state index contributed by atoms with van der Waals surface area (Å²) >= 11 is 0. The minimum atomic E-state index is -0.519. The zero-order chi connectivity index (χ0) is 21.4. The number of carbonyl (C=O) groups excluding carboxylic acids is 2. The largest absolute Gasteiger partial charge is 0.493 e. The monoisotopic (exact) mass is 400 g/mol. The quantitative estimate of drug-likeness (QED) is 0.357. The van der Waals surface area contributed by atoms with Crippen LogP contribution in [-0.4, -0.2) is 38.7 Å². The van der Waals surface area contributed by atoms with Crippen LogP contribution in [0.4, 0.5) is 0 Å². The Morgan fingerprint density at radius 1 is 0.897 bits per heavy atom. The highest BCUT2D eigenvalue weighted by molar-refractivity contribution is 5.94. The third-order valence-corrected chi connectivity index (χ3v) is 4.25. The topological polar surface area (TPSA) is 71.1 Å². The highest BCUT2D eigenvalue weighted by Gasteiger charge is 2.13. The Kier molecular flexibility index (Phi) is 7.65. The van der Waals surface area contributed by atoms with Crippen molar-refractivity contribution in [2.75, 3.05) is 26.9 Å². The predicted molar refractivity (Wildman–Crippen MR) is 110 cm³/mol. The molecule has 6 nitrogen and oxygen atoms in total. The van der Waals surface area contributed by atoms with Crippen LogP contribution >= 0.6 is 0 Å². The minimum Gasteiger partial charge on any atom is -0.493 e. The van der Waals surface area contributed by atoms with Gasteiger partial charge in [0, 0.05) is 5.56 Å². The van der Waals surface area contributed by atoms with Gasteiger partial charge in [0.2, 0.25) is 0 Å². The van der Waals surface area contributed by atoms with E-state index in [1.165, 1.54) is 19.6 Å². The number of hydrogen-bond acceptors (Lipinski definition) is 6. The predicted octanol–water partition coefficient (Wildman–Crippen LogP) is 4.20. The molecule has 2 aromatic rings. The summed E-state index contributed by atoms with van der Waals surface area (Å²) in [4.78, 5) is 23.3. The van der Waals surface area contributed by atoms with Gasteiger partial charge < -0.3 is 18.9 Å². The first-order valence-corrected chi connectivity index (χ1v) is 9.41. The van der Waals surface area contributed by atoms with E-state index in [-0.39, 0.29) is 31.0 Å². The van der Waals surface area contributed by atoms with Gasteiger partial charge >= 0.3 is 5.97 Å². The zero-order valence-corrected chi connectivity index (χ0v) is 17.6. The van der Waals surface area contributed by atoms with E-state index >= 15 is 0 Å². The van der Waals surface area contributed by atoms with Crippen molar-refractivity contribution in [3.63, 3.8) is 0 Å². The third kappa shape index (κ3) is 6.82. The van der Waals surface area contributed by atoms with Crippen molar-refractivity contribution < 1.29 is 28.5 Å². The summed E-state index contributed by atoms with van der Waals surface area (Å²) in [6.45, 7) is 8.01. The molecule has 2 aromatic carbocycles. The molecule has 0 saturated carbocycles. The van der Waals surface area contributed by atoms with Crippen LogP contribution in [0.1, 0.15) is 43.6 Å². The lowest BCUT2D eigenvalue weighted by Crippen LogP contribution is -2.18. The SMILES string of the molecule is COc1cc(C(C)=O)ccc1OCC(=O)OCCOc1ccc(C(C)(C)C)cc1. The molecule has 2 rings (SSSR count). The van der Waals surface area contributed by atoms with Crippen LogP contribution in [0.3, 0.4) is 0 Å². The molecule has 0 atom stereocenters. The third-order valence-electron chi connectivity index (χ3n) is 4.25. The van der Waals surface area contributed by atoms with Gasteiger partial charge in [-0.3, -0.25) is 4.79 Å². The first-order valence-electron chi connectivity index (χ1n) is 9.41. The average molecular weight is 400 g/mol. The number of methoxy groups -OCH3 is 1. The Balaban J connectivity index is 1.74. The van der Waals surface area contributed by atoms with Crippen LogP contribution in [0.2, 0.25) is 0 Å². The van der Waals surface area contributed by atoms with Crippen LogP contribution in [0.15, 0.2) is 42.5 Å². The molecule has 0 spiro atoms. The van der Waals surface area contributed by atoms with Gasteiger partial charge in [-0.2, -0.15) is 0 Å². The summed E-state index contributed by atoms with van der Waals surface area (Å²) in [5.41, 5.74) is 1.81. The standard InChI is InChI=1S/C23H28O6/c1-16(24)17-6-11-20(21(14-17)26-5)29-15-22(25)28-13-12-27-19-9-7-18(8-10-19)23(2,3)4/h6-11,14H,12-13,15H2,1-5H3. The highest BCUT2D eigenvalue weighted by atomic mass is 16.6. The molecule has 0 N–H and O–H groups in total. The minimum absolute atomic E-state index is 0.0812. The molecule has 0 aromatic heterocycles. The number of ether oxygens (including phenoxy) is 4. The van der Waals surface area contributed by atoms with Gasteiger partial charge in [-0.15, -0.1) is 0 Å². The van der Waals surface area contributed by atoms with Crippen molar-refractivity contribution in [1.29, 1.82) is 0 Å². The second-order valence-corrected chi connectivity index (χ2v) is 7.55. The number of rotatable bonds is 9. The van der Waals surface area contributed by atoms with Crippen LogP contribution < -0.4 is 14.2 Å². The van der Waals surface area contributed by atoms with Crippen LogP contribution in [0.5, 0.6) is 17.2 Å². The van der Waals surface area contributed by atoms with Crippen molar-refractivity contribution in [3.05, 3.63) is 53.6 Å². The second kappa shape index (κ2) is 9.96.